The van der Waals surface area contributed by atoms with Gasteiger partial charge < -0.3 is 15.2 Å². The molecule has 0 radical (unpaired) electrons. The lowest BCUT2D eigenvalue weighted by molar-refractivity contribution is -0.119. The molecule has 3 N–H and O–H groups in total. The van der Waals surface area contributed by atoms with Gasteiger partial charge in [0.25, 0.3) is 5.91 Å². The molecule has 0 saturated heterocycles. The summed E-state index contributed by atoms with van der Waals surface area (Å²) in [7, 11) is 0. The van der Waals surface area contributed by atoms with Crippen LogP contribution in [0.2, 0.25) is 0 Å². The van der Waals surface area contributed by atoms with Gasteiger partial charge in [0.1, 0.15) is 0 Å². The van der Waals surface area contributed by atoms with Crippen LogP contribution >= 0.6 is 11.3 Å². The Labute approximate surface area is 174 Å². The quantitative estimate of drug-likeness (QED) is 0.493. The van der Waals surface area contributed by atoms with Crippen molar-refractivity contribution in [3.63, 3.8) is 0 Å². The monoisotopic (exact) mass is 427 g/mol. The van der Waals surface area contributed by atoms with Crippen molar-refractivity contribution in [3.05, 3.63) is 53.6 Å². The van der Waals surface area contributed by atoms with Gasteiger partial charge in [0.2, 0.25) is 5.91 Å². The van der Waals surface area contributed by atoms with Gasteiger partial charge in [-0.1, -0.05) is 30.4 Å². The first kappa shape index (κ1) is 20.9. The van der Waals surface area contributed by atoms with E-state index in [1.54, 1.807) is 31.2 Å². The predicted octanol–water partition coefficient (Wildman–Crippen LogP) is 3.14. The second-order valence-electron chi connectivity index (χ2n) is 6.08. The molecule has 0 bridgehead atoms. The third-order valence-corrected chi connectivity index (χ3v) is 4.89. The number of carboxylic acid groups (broad SMARTS) is 1. The molecule has 30 heavy (non-hydrogen) atoms. The second-order valence-corrected chi connectivity index (χ2v) is 7.11. The number of aromatic nitrogens is 1. The van der Waals surface area contributed by atoms with E-state index in [0.717, 1.165) is 11.3 Å². The zero-order chi connectivity index (χ0) is 21.7. The molecule has 0 spiro atoms. The minimum Gasteiger partial charge on any atom is -0.478 e. The number of aromatic carboxylic acids is 1. The van der Waals surface area contributed by atoms with Crippen molar-refractivity contribution in [2.24, 2.45) is 0 Å². The number of carbonyl (C=O) groups is 4. The number of amides is 2. The van der Waals surface area contributed by atoms with Crippen LogP contribution in [0.4, 0.5) is 10.8 Å². The number of anilines is 2. The maximum Gasteiger partial charge on any atom is 0.340 e. The number of hydrogen-bond donors (Lipinski definition) is 3. The predicted molar refractivity (Wildman–Crippen MR) is 111 cm³/mol. The summed E-state index contributed by atoms with van der Waals surface area (Å²) in [5, 5.41) is 14.4. The highest BCUT2D eigenvalue weighted by Crippen LogP contribution is 2.27. The number of fused-ring (bicyclic) bond motifs is 1. The molecule has 0 unspecified atom stereocenters. The number of ether oxygens (including phenoxy) is 1. The molecular weight excluding hydrogens is 410 g/mol. The molecule has 1 heterocycles. The lowest BCUT2D eigenvalue weighted by Crippen LogP contribution is -2.21. The Balaban J connectivity index is 1.62. The highest BCUT2D eigenvalue weighted by molar-refractivity contribution is 7.22. The van der Waals surface area contributed by atoms with Crippen LogP contribution in [-0.2, 0) is 14.3 Å². The van der Waals surface area contributed by atoms with Gasteiger partial charge in [-0.2, -0.15) is 0 Å². The van der Waals surface area contributed by atoms with Crippen molar-refractivity contribution in [1.82, 2.24) is 4.98 Å². The summed E-state index contributed by atoms with van der Waals surface area (Å²) < 4.78 is 5.64. The van der Waals surface area contributed by atoms with Crippen molar-refractivity contribution in [2.75, 3.05) is 17.2 Å². The largest absolute Gasteiger partial charge is 0.478 e. The van der Waals surface area contributed by atoms with Crippen molar-refractivity contribution in [2.45, 2.75) is 13.3 Å². The zero-order valence-corrected chi connectivity index (χ0v) is 16.6. The van der Waals surface area contributed by atoms with E-state index in [-0.39, 0.29) is 28.6 Å². The van der Waals surface area contributed by atoms with Crippen LogP contribution in [0.5, 0.6) is 0 Å². The normalized spacial score (nSPS) is 10.4. The molecule has 154 valence electrons. The molecule has 0 saturated carbocycles. The summed E-state index contributed by atoms with van der Waals surface area (Å²) in [6.07, 6.45) is 0.252. The third-order valence-electron chi connectivity index (χ3n) is 3.96. The number of carboxylic acids is 1. The number of para-hydroxylation sites is 1. The Hall–Kier alpha value is -3.79. The van der Waals surface area contributed by atoms with Crippen LogP contribution < -0.4 is 10.6 Å². The fourth-order valence-electron chi connectivity index (χ4n) is 2.48. The third kappa shape index (κ3) is 4.97. The number of nitrogens with zero attached hydrogens (tertiary/aromatic N) is 1. The lowest BCUT2D eigenvalue weighted by Gasteiger charge is -2.10. The fourth-order valence-corrected chi connectivity index (χ4v) is 3.41. The number of carbonyl (C=O) groups excluding carboxylic acids is 3. The SMILES string of the molecule is CCC(=O)Nc1ccccc1C(=O)OCC(=O)Nc1nc2ccc(C(=O)O)cc2s1. The van der Waals surface area contributed by atoms with E-state index in [1.807, 2.05) is 0 Å². The Kier molecular flexibility index (Phi) is 6.38. The number of benzene rings is 2. The Morgan fingerprint density at radius 1 is 1.07 bits per heavy atom. The van der Waals surface area contributed by atoms with E-state index >= 15 is 0 Å². The van der Waals surface area contributed by atoms with Gasteiger partial charge >= 0.3 is 11.9 Å². The van der Waals surface area contributed by atoms with Gasteiger partial charge in [-0.3, -0.25) is 14.9 Å². The van der Waals surface area contributed by atoms with Gasteiger partial charge in [-0.15, -0.1) is 0 Å². The molecule has 9 nitrogen and oxygen atoms in total. The van der Waals surface area contributed by atoms with E-state index < -0.39 is 24.5 Å². The maximum absolute atomic E-state index is 12.3. The van der Waals surface area contributed by atoms with Crippen LogP contribution in [0.15, 0.2) is 42.5 Å². The molecule has 1 aromatic heterocycles. The van der Waals surface area contributed by atoms with Gasteiger partial charge in [0, 0.05) is 6.42 Å². The molecule has 0 aliphatic carbocycles. The van der Waals surface area contributed by atoms with Crippen LogP contribution in [-0.4, -0.2) is 40.5 Å². The first-order chi connectivity index (χ1) is 14.4. The van der Waals surface area contributed by atoms with Crippen LogP contribution in [0.3, 0.4) is 0 Å². The van der Waals surface area contributed by atoms with Crippen LogP contribution in [0, 0.1) is 0 Å². The summed E-state index contributed by atoms with van der Waals surface area (Å²) in [5.41, 5.74) is 1.09. The smallest absolute Gasteiger partial charge is 0.340 e. The minimum absolute atomic E-state index is 0.117. The second kappa shape index (κ2) is 9.14. The number of nitrogens with one attached hydrogen (secondary N) is 2. The molecule has 2 aromatic carbocycles. The molecular formula is C20H17N3O6S. The molecule has 3 aromatic rings. The summed E-state index contributed by atoms with van der Waals surface area (Å²) in [4.78, 5) is 51.3. The average Bonchev–Trinajstić information content (AvgIpc) is 3.13. The Bertz CT molecular complexity index is 1140. The van der Waals surface area contributed by atoms with Crippen molar-refractivity contribution in [3.8, 4) is 0 Å². The first-order valence-electron chi connectivity index (χ1n) is 8.87. The summed E-state index contributed by atoms with van der Waals surface area (Å²) in [6.45, 7) is 1.14. The minimum atomic E-state index is -1.06. The van der Waals surface area contributed by atoms with Crippen molar-refractivity contribution >= 4 is 56.1 Å². The molecule has 10 heteroatoms. The topological polar surface area (TPSA) is 135 Å². The van der Waals surface area contributed by atoms with Crippen LogP contribution in [0.1, 0.15) is 34.1 Å². The molecule has 0 aliphatic rings. The van der Waals surface area contributed by atoms with Gasteiger partial charge in [-0.25, -0.2) is 14.6 Å². The maximum atomic E-state index is 12.3. The zero-order valence-electron chi connectivity index (χ0n) is 15.8. The number of thiazole rings is 1. The lowest BCUT2D eigenvalue weighted by atomic mass is 10.1. The van der Waals surface area contributed by atoms with Crippen molar-refractivity contribution in [1.29, 1.82) is 0 Å². The number of hydrogen-bond acceptors (Lipinski definition) is 7. The van der Waals surface area contributed by atoms with Crippen molar-refractivity contribution < 1.29 is 29.0 Å². The first-order valence-corrected chi connectivity index (χ1v) is 9.68. The molecule has 3 rings (SSSR count). The Morgan fingerprint density at radius 3 is 2.57 bits per heavy atom. The van der Waals surface area contributed by atoms with E-state index in [4.69, 9.17) is 9.84 Å². The summed E-state index contributed by atoms with van der Waals surface area (Å²) >= 11 is 1.11. The van der Waals surface area contributed by atoms with Crippen LogP contribution in [0.25, 0.3) is 10.2 Å². The summed E-state index contributed by atoms with van der Waals surface area (Å²) in [6, 6.07) is 10.8. The van der Waals surface area contributed by atoms with Gasteiger partial charge in [-0.05, 0) is 30.3 Å². The molecule has 0 aliphatic heterocycles. The standard InChI is InChI=1S/C20H17N3O6S/c1-2-16(24)21-13-6-4-3-5-12(13)19(28)29-10-17(25)23-20-22-14-8-7-11(18(26)27)9-15(14)30-20/h3-9H,2,10H2,1H3,(H,21,24)(H,26,27)(H,22,23,25). The summed E-state index contributed by atoms with van der Waals surface area (Å²) in [5.74, 6) is -2.67. The van der Waals surface area contributed by atoms with E-state index in [2.05, 4.69) is 15.6 Å². The van der Waals surface area contributed by atoms with E-state index in [0.29, 0.717) is 15.9 Å². The Morgan fingerprint density at radius 2 is 1.83 bits per heavy atom. The molecule has 0 atom stereocenters. The molecule has 2 amide bonds. The highest BCUT2D eigenvalue weighted by atomic mass is 32.1. The van der Waals surface area contributed by atoms with Gasteiger partial charge in [0.05, 0.1) is 27.0 Å². The van der Waals surface area contributed by atoms with E-state index in [1.165, 1.54) is 18.2 Å². The fraction of sp³-hybridized carbons (Fsp3) is 0.150. The number of rotatable bonds is 7. The average molecular weight is 427 g/mol. The van der Waals surface area contributed by atoms with E-state index in [9.17, 15) is 19.2 Å². The highest BCUT2D eigenvalue weighted by Gasteiger charge is 2.16. The van der Waals surface area contributed by atoms with Gasteiger partial charge in [0.15, 0.2) is 11.7 Å². The number of esters is 1. The molecule has 0 fully saturated rings.